The second-order valence-corrected chi connectivity index (χ2v) is 5.94. The van der Waals surface area contributed by atoms with Crippen LogP contribution in [0.4, 0.5) is 0 Å². The number of nitrogens with one attached hydrogen (secondary N) is 1. The maximum atomic E-state index is 12.1. The molecule has 0 fully saturated rings. The molecule has 20 heavy (non-hydrogen) atoms. The molecule has 0 unspecified atom stereocenters. The number of rotatable bonds is 5. The molecule has 0 spiro atoms. The molecule has 2 aromatic rings. The first-order valence-corrected chi connectivity index (χ1v) is 7.36. The van der Waals surface area contributed by atoms with E-state index in [1.54, 1.807) is 7.05 Å². The van der Waals surface area contributed by atoms with Crippen LogP contribution in [0, 0.1) is 0 Å². The molecule has 0 saturated carbocycles. The molecule has 1 N–H and O–H groups in total. The van der Waals surface area contributed by atoms with Crippen LogP contribution in [0.2, 0.25) is 0 Å². The van der Waals surface area contributed by atoms with Crippen LogP contribution in [0.5, 0.6) is 0 Å². The topological polar surface area (TPSA) is 72.7 Å². The van der Waals surface area contributed by atoms with Gasteiger partial charge in [0.05, 0.1) is 0 Å². The smallest absolute Gasteiger partial charge is 0.313 e. The van der Waals surface area contributed by atoms with Crippen molar-refractivity contribution in [2.45, 2.75) is 37.2 Å². The van der Waals surface area contributed by atoms with E-state index < -0.39 is 5.69 Å². The van der Waals surface area contributed by atoms with Gasteiger partial charge in [0.2, 0.25) is 0 Å². The zero-order valence-electron chi connectivity index (χ0n) is 11.8. The van der Waals surface area contributed by atoms with E-state index in [-0.39, 0.29) is 10.8 Å². The molecule has 0 radical (unpaired) electrons. The van der Waals surface area contributed by atoms with E-state index in [9.17, 15) is 9.59 Å². The van der Waals surface area contributed by atoms with E-state index in [4.69, 9.17) is 0 Å². The molecule has 0 aliphatic rings. The lowest BCUT2D eigenvalue weighted by molar-refractivity contribution is 0.636. The molecule has 7 heteroatoms. The molecule has 6 nitrogen and oxygen atoms in total. The molecule has 0 aliphatic carbocycles. The molecule has 0 saturated heterocycles. The minimum absolute atomic E-state index is 0.179. The van der Waals surface area contributed by atoms with Crippen LogP contribution in [-0.2, 0) is 13.6 Å². The summed E-state index contributed by atoms with van der Waals surface area (Å²) < 4.78 is 3.24. The first-order chi connectivity index (χ1) is 9.49. The zero-order valence-corrected chi connectivity index (χ0v) is 12.7. The Balaban J connectivity index is 2.75. The Morgan fingerprint density at radius 2 is 2.20 bits per heavy atom. The predicted octanol–water partition coefficient (Wildman–Crippen LogP) is 1.50. The monoisotopic (exact) mass is 294 g/mol. The summed E-state index contributed by atoms with van der Waals surface area (Å²) in [5.74, 6) is 0. The van der Waals surface area contributed by atoms with Gasteiger partial charge >= 0.3 is 5.69 Å². The van der Waals surface area contributed by atoms with Crippen molar-refractivity contribution in [1.82, 2.24) is 19.1 Å². The van der Waals surface area contributed by atoms with E-state index in [2.05, 4.69) is 16.5 Å². The highest BCUT2D eigenvalue weighted by molar-refractivity contribution is 7.99. The van der Waals surface area contributed by atoms with Crippen molar-refractivity contribution >= 4 is 22.9 Å². The van der Waals surface area contributed by atoms with Gasteiger partial charge in [0.15, 0.2) is 16.3 Å². The van der Waals surface area contributed by atoms with Gasteiger partial charge in [0.25, 0.3) is 5.56 Å². The van der Waals surface area contributed by atoms with Gasteiger partial charge in [-0.25, -0.2) is 9.78 Å². The Kier molecular flexibility index (Phi) is 4.17. The Hall–Kier alpha value is -1.76. The van der Waals surface area contributed by atoms with Gasteiger partial charge in [-0.05, 0) is 13.3 Å². The van der Waals surface area contributed by atoms with Crippen LogP contribution in [0.15, 0.2) is 27.4 Å². The number of thioether (sulfide) groups is 1. The molecule has 0 amide bonds. The standard InChI is InChI=1S/C13H18N4O2S/c1-5-7-17-9-10(14-13(17)20-8(3)6-2)16(4)12(19)15-11(9)18/h6,8H,2,5,7H2,1,3-4H3,(H,15,18,19)/t8-/m1/s1. The zero-order chi connectivity index (χ0) is 14.9. The Labute approximate surface area is 120 Å². The summed E-state index contributed by atoms with van der Waals surface area (Å²) in [6.07, 6.45) is 2.70. The summed E-state index contributed by atoms with van der Waals surface area (Å²) in [6, 6.07) is 0. The molecule has 0 aliphatic heterocycles. The fourth-order valence-corrected chi connectivity index (χ4v) is 2.83. The molecular weight excluding hydrogens is 276 g/mol. The third-order valence-electron chi connectivity index (χ3n) is 3.04. The fraction of sp³-hybridized carbons (Fsp3) is 0.462. The lowest BCUT2D eigenvalue weighted by atomic mass is 10.4. The van der Waals surface area contributed by atoms with Crippen LogP contribution in [0.25, 0.3) is 11.2 Å². The maximum Gasteiger partial charge on any atom is 0.329 e. The SMILES string of the molecule is C=C[C@@H](C)Sc1nc2c(c(=O)[nH]c(=O)n2C)n1CCC. The van der Waals surface area contributed by atoms with Gasteiger partial charge in [0, 0.05) is 18.8 Å². The Morgan fingerprint density at radius 3 is 2.80 bits per heavy atom. The molecule has 0 aromatic carbocycles. The van der Waals surface area contributed by atoms with E-state index in [0.717, 1.165) is 11.6 Å². The Bertz CT molecular complexity index is 756. The normalized spacial score (nSPS) is 12.8. The van der Waals surface area contributed by atoms with Gasteiger partial charge < -0.3 is 4.57 Å². The molecular formula is C13H18N4O2S. The fourth-order valence-electron chi connectivity index (χ4n) is 1.95. The first kappa shape index (κ1) is 14.6. The molecule has 0 bridgehead atoms. The number of aryl methyl sites for hydroxylation is 2. The number of hydrogen-bond acceptors (Lipinski definition) is 4. The molecule has 2 rings (SSSR count). The van der Waals surface area contributed by atoms with Gasteiger partial charge in [-0.1, -0.05) is 24.8 Å². The van der Waals surface area contributed by atoms with E-state index in [0.29, 0.717) is 17.7 Å². The minimum Gasteiger partial charge on any atom is -0.313 e. The van der Waals surface area contributed by atoms with Crippen LogP contribution in [0.1, 0.15) is 20.3 Å². The summed E-state index contributed by atoms with van der Waals surface area (Å²) in [5.41, 5.74) is 0.0396. The Morgan fingerprint density at radius 1 is 1.50 bits per heavy atom. The van der Waals surface area contributed by atoms with Crippen molar-refractivity contribution in [3.63, 3.8) is 0 Å². The van der Waals surface area contributed by atoms with Crippen LogP contribution in [-0.4, -0.2) is 24.4 Å². The number of aromatic nitrogens is 4. The van der Waals surface area contributed by atoms with Gasteiger partial charge in [0.1, 0.15) is 0 Å². The maximum absolute atomic E-state index is 12.1. The quantitative estimate of drug-likeness (QED) is 0.670. The summed E-state index contributed by atoms with van der Waals surface area (Å²) in [6.45, 7) is 8.48. The van der Waals surface area contributed by atoms with Gasteiger partial charge in [-0.2, -0.15) is 0 Å². The lowest BCUT2D eigenvalue weighted by Gasteiger charge is -2.08. The van der Waals surface area contributed by atoms with Crippen LogP contribution < -0.4 is 11.2 Å². The van der Waals surface area contributed by atoms with Gasteiger partial charge in [-0.15, -0.1) is 6.58 Å². The second-order valence-electron chi connectivity index (χ2n) is 4.60. The summed E-state index contributed by atoms with van der Waals surface area (Å²) in [7, 11) is 1.61. The highest BCUT2D eigenvalue weighted by Gasteiger charge is 2.18. The van der Waals surface area contributed by atoms with E-state index in [1.165, 1.54) is 16.3 Å². The first-order valence-electron chi connectivity index (χ1n) is 6.48. The highest BCUT2D eigenvalue weighted by Crippen LogP contribution is 2.25. The highest BCUT2D eigenvalue weighted by atomic mass is 32.2. The average molecular weight is 294 g/mol. The molecule has 2 aromatic heterocycles. The van der Waals surface area contributed by atoms with Crippen LogP contribution in [0.3, 0.4) is 0 Å². The molecule has 108 valence electrons. The summed E-state index contributed by atoms with van der Waals surface area (Å²) >= 11 is 1.52. The number of nitrogens with zero attached hydrogens (tertiary/aromatic N) is 3. The van der Waals surface area contributed by atoms with E-state index in [1.807, 2.05) is 24.5 Å². The van der Waals surface area contributed by atoms with E-state index >= 15 is 0 Å². The molecule has 1 atom stereocenters. The number of fused-ring (bicyclic) bond motifs is 1. The minimum atomic E-state index is -0.447. The molecule has 2 heterocycles. The van der Waals surface area contributed by atoms with Crippen molar-refractivity contribution in [2.75, 3.05) is 0 Å². The number of hydrogen-bond donors (Lipinski definition) is 1. The third-order valence-corrected chi connectivity index (χ3v) is 4.13. The second kappa shape index (κ2) is 5.70. The number of imidazole rings is 1. The summed E-state index contributed by atoms with van der Waals surface area (Å²) in [4.78, 5) is 30.5. The number of aromatic amines is 1. The van der Waals surface area contributed by atoms with Gasteiger partial charge in [-0.3, -0.25) is 14.3 Å². The van der Waals surface area contributed by atoms with Crippen molar-refractivity contribution in [3.05, 3.63) is 33.5 Å². The van der Waals surface area contributed by atoms with Crippen molar-refractivity contribution in [3.8, 4) is 0 Å². The number of H-pyrrole nitrogens is 1. The van der Waals surface area contributed by atoms with Crippen molar-refractivity contribution in [1.29, 1.82) is 0 Å². The van der Waals surface area contributed by atoms with Crippen molar-refractivity contribution in [2.24, 2.45) is 7.05 Å². The largest absolute Gasteiger partial charge is 0.329 e. The van der Waals surface area contributed by atoms with Crippen molar-refractivity contribution < 1.29 is 0 Å². The third kappa shape index (κ3) is 2.45. The average Bonchev–Trinajstić information content (AvgIpc) is 2.76. The summed E-state index contributed by atoms with van der Waals surface area (Å²) in [5, 5.41) is 0.916. The lowest BCUT2D eigenvalue weighted by Crippen LogP contribution is -2.29. The van der Waals surface area contributed by atoms with Crippen LogP contribution >= 0.6 is 11.8 Å². The predicted molar refractivity (Wildman–Crippen MR) is 81.4 cm³/mol.